The normalized spacial score (nSPS) is 19.2. The summed E-state index contributed by atoms with van der Waals surface area (Å²) in [6, 6.07) is 14.5. The molecule has 3 rings (SSSR count). The fourth-order valence-corrected chi connectivity index (χ4v) is 5.19. The summed E-state index contributed by atoms with van der Waals surface area (Å²) in [6.45, 7) is 4.62. The SMILES string of the molecule is Cc1ccc(C(C)NC(=O)C2CCCN(S(=O)(=O)c3ccc(Br)cc3)C2)cc1. The van der Waals surface area contributed by atoms with Gasteiger partial charge >= 0.3 is 0 Å². The molecular weight excluding hydrogens is 440 g/mol. The standard InChI is InChI=1S/C21H25BrN2O3S/c1-15-5-7-17(8-6-15)16(2)23-21(25)18-4-3-13-24(14-18)28(26,27)20-11-9-19(22)10-12-20/h5-12,16,18H,3-4,13-14H2,1-2H3,(H,23,25). The number of sulfonamides is 1. The molecule has 0 aromatic heterocycles. The number of piperidine rings is 1. The summed E-state index contributed by atoms with van der Waals surface area (Å²) >= 11 is 3.32. The first-order chi connectivity index (χ1) is 13.3. The lowest BCUT2D eigenvalue weighted by molar-refractivity contribution is -0.126. The number of aryl methyl sites for hydroxylation is 1. The van der Waals surface area contributed by atoms with Crippen LogP contribution in [0, 0.1) is 12.8 Å². The van der Waals surface area contributed by atoms with Gasteiger partial charge in [-0.25, -0.2) is 8.42 Å². The second kappa shape index (κ2) is 8.76. The Morgan fingerprint density at radius 2 is 1.79 bits per heavy atom. The van der Waals surface area contributed by atoms with Crippen LogP contribution in [0.15, 0.2) is 57.9 Å². The molecular formula is C21H25BrN2O3S. The van der Waals surface area contributed by atoms with E-state index in [-0.39, 0.29) is 29.3 Å². The fraction of sp³-hybridized carbons (Fsp3) is 0.381. The van der Waals surface area contributed by atoms with Crippen molar-refractivity contribution in [3.8, 4) is 0 Å². The Bertz CT molecular complexity index is 927. The molecule has 2 unspecified atom stereocenters. The van der Waals surface area contributed by atoms with Gasteiger partial charge in [0.1, 0.15) is 0 Å². The van der Waals surface area contributed by atoms with E-state index in [9.17, 15) is 13.2 Å². The summed E-state index contributed by atoms with van der Waals surface area (Å²) < 4.78 is 28.1. The topological polar surface area (TPSA) is 66.5 Å². The van der Waals surface area contributed by atoms with E-state index >= 15 is 0 Å². The van der Waals surface area contributed by atoms with E-state index in [1.54, 1.807) is 24.3 Å². The van der Waals surface area contributed by atoms with Gasteiger partial charge in [-0.2, -0.15) is 4.31 Å². The Balaban J connectivity index is 1.67. The lowest BCUT2D eigenvalue weighted by atomic mass is 9.97. The molecule has 0 radical (unpaired) electrons. The number of halogens is 1. The molecule has 1 saturated heterocycles. The largest absolute Gasteiger partial charge is 0.349 e. The maximum atomic E-state index is 12.9. The third-order valence-corrected chi connectivity index (χ3v) is 7.55. The lowest BCUT2D eigenvalue weighted by Crippen LogP contribution is -2.45. The molecule has 0 aliphatic carbocycles. The van der Waals surface area contributed by atoms with Crippen LogP contribution in [0.5, 0.6) is 0 Å². The Morgan fingerprint density at radius 1 is 1.14 bits per heavy atom. The maximum absolute atomic E-state index is 12.9. The summed E-state index contributed by atoms with van der Waals surface area (Å²) in [6.07, 6.45) is 1.37. The predicted octanol–water partition coefficient (Wildman–Crippen LogP) is 4.04. The van der Waals surface area contributed by atoms with E-state index in [0.29, 0.717) is 19.4 Å². The average molecular weight is 465 g/mol. The first-order valence-electron chi connectivity index (χ1n) is 9.40. The fourth-order valence-electron chi connectivity index (χ4n) is 3.40. The van der Waals surface area contributed by atoms with E-state index in [4.69, 9.17) is 0 Å². The highest BCUT2D eigenvalue weighted by molar-refractivity contribution is 9.10. The van der Waals surface area contributed by atoms with Crippen LogP contribution in [0.3, 0.4) is 0 Å². The zero-order valence-corrected chi connectivity index (χ0v) is 18.5. The third kappa shape index (κ3) is 4.82. The van der Waals surface area contributed by atoms with Gasteiger partial charge in [-0.05, 0) is 56.5 Å². The Hall–Kier alpha value is -1.70. The monoisotopic (exact) mass is 464 g/mol. The second-order valence-corrected chi connectivity index (χ2v) is 10.2. The van der Waals surface area contributed by atoms with Crippen LogP contribution in [-0.4, -0.2) is 31.7 Å². The van der Waals surface area contributed by atoms with E-state index < -0.39 is 10.0 Å². The molecule has 0 bridgehead atoms. The minimum absolute atomic E-state index is 0.0937. The van der Waals surface area contributed by atoms with Gasteiger partial charge in [-0.3, -0.25) is 4.79 Å². The Morgan fingerprint density at radius 3 is 2.43 bits per heavy atom. The highest BCUT2D eigenvalue weighted by Crippen LogP contribution is 2.25. The summed E-state index contributed by atoms with van der Waals surface area (Å²) in [4.78, 5) is 13.0. The van der Waals surface area contributed by atoms with E-state index in [0.717, 1.165) is 10.0 Å². The number of benzene rings is 2. The Labute approximate surface area is 175 Å². The maximum Gasteiger partial charge on any atom is 0.243 e. The zero-order chi connectivity index (χ0) is 20.3. The van der Waals surface area contributed by atoms with E-state index in [2.05, 4.69) is 21.2 Å². The molecule has 1 amide bonds. The van der Waals surface area contributed by atoms with Crippen LogP contribution in [0.25, 0.3) is 0 Å². The lowest BCUT2D eigenvalue weighted by Gasteiger charge is -2.32. The van der Waals surface area contributed by atoms with Crippen molar-refractivity contribution in [3.63, 3.8) is 0 Å². The van der Waals surface area contributed by atoms with Crippen molar-refractivity contribution in [2.75, 3.05) is 13.1 Å². The number of rotatable bonds is 5. The van der Waals surface area contributed by atoms with Crippen molar-refractivity contribution < 1.29 is 13.2 Å². The van der Waals surface area contributed by atoms with Crippen molar-refractivity contribution in [3.05, 3.63) is 64.1 Å². The number of carbonyl (C=O) groups is 1. The molecule has 28 heavy (non-hydrogen) atoms. The van der Waals surface area contributed by atoms with Gasteiger partial charge in [0.15, 0.2) is 0 Å². The number of carbonyl (C=O) groups excluding carboxylic acids is 1. The van der Waals surface area contributed by atoms with E-state index in [1.807, 2.05) is 38.1 Å². The molecule has 2 aromatic rings. The van der Waals surface area contributed by atoms with Gasteiger partial charge in [0.2, 0.25) is 15.9 Å². The van der Waals surface area contributed by atoms with E-state index in [1.165, 1.54) is 9.87 Å². The highest BCUT2D eigenvalue weighted by atomic mass is 79.9. The number of hydrogen-bond acceptors (Lipinski definition) is 3. The van der Waals surface area contributed by atoms with Crippen molar-refractivity contribution in [1.29, 1.82) is 0 Å². The molecule has 1 aliphatic heterocycles. The van der Waals surface area contributed by atoms with Crippen LogP contribution in [0.4, 0.5) is 0 Å². The molecule has 1 heterocycles. The Kier molecular flexibility index (Phi) is 6.58. The summed E-state index contributed by atoms with van der Waals surface area (Å²) in [5, 5.41) is 3.04. The molecule has 1 N–H and O–H groups in total. The second-order valence-electron chi connectivity index (χ2n) is 7.30. The van der Waals surface area contributed by atoms with Crippen molar-refractivity contribution >= 4 is 31.9 Å². The zero-order valence-electron chi connectivity index (χ0n) is 16.1. The van der Waals surface area contributed by atoms with Gasteiger partial charge in [0.05, 0.1) is 16.9 Å². The molecule has 1 fully saturated rings. The molecule has 7 heteroatoms. The van der Waals surface area contributed by atoms with Crippen LogP contribution in [0.2, 0.25) is 0 Å². The summed E-state index contributed by atoms with van der Waals surface area (Å²) in [5.74, 6) is -0.435. The number of nitrogens with one attached hydrogen (secondary N) is 1. The summed E-state index contributed by atoms with van der Waals surface area (Å²) in [5.41, 5.74) is 2.21. The van der Waals surface area contributed by atoms with Gasteiger partial charge in [0.25, 0.3) is 0 Å². The van der Waals surface area contributed by atoms with Gasteiger partial charge in [0, 0.05) is 17.6 Å². The molecule has 2 atom stereocenters. The molecule has 2 aromatic carbocycles. The van der Waals surface area contributed by atoms with Crippen molar-refractivity contribution in [1.82, 2.24) is 9.62 Å². The van der Waals surface area contributed by atoms with Crippen LogP contribution in [0.1, 0.15) is 36.9 Å². The van der Waals surface area contributed by atoms with Crippen molar-refractivity contribution in [2.45, 2.75) is 37.6 Å². The van der Waals surface area contributed by atoms with Gasteiger partial charge in [-0.1, -0.05) is 45.8 Å². The third-order valence-electron chi connectivity index (χ3n) is 5.14. The molecule has 150 valence electrons. The summed E-state index contributed by atoms with van der Waals surface area (Å²) in [7, 11) is -3.60. The first-order valence-corrected chi connectivity index (χ1v) is 11.6. The molecule has 5 nitrogen and oxygen atoms in total. The number of hydrogen-bond donors (Lipinski definition) is 1. The molecule has 0 saturated carbocycles. The highest BCUT2D eigenvalue weighted by Gasteiger charge is 2.33. The molecule has 0 spiro atoms. The first kappa shape index (κ1) is 21.0. The smallest absolute Gasteiger partial charge is 0.243 e. The van der Waals surface area contributed by atoms with Crippen LogP contribution < -0.4 is 5.32 Å². The predicted molar refractivity (Wildman–Crippen MR) is 113 cm³/mol. The van der Waals surface area contributed by atoms with Crippen molar-refractivity contribution in [2.24, 2.45) is 5.92 Å². The minimum atomic E-state index is -3.60. The number of nitrogens with zero attached hydrogens (tertiary/aromatic N) is 1. The van der Waals surface area contributed by atoms with Gasteiger partial charge < -0.3 is 5.32 Å². The minimum Gasteiger partial charge on any atom is -0.349 e. The van der Waals surface area contributed by atoms with Gasteiger partial charge in [-0.15, -0.1) is 0 Å². The number of amides is 1. The average Bonchev–Trinajstić information content (AvgIpc) is 2.69. The molecule has 1 aliphatic rings. The quantitative estimate of drug-likeness (QED) is 0.725. The van der Waals surface area contributed by atoms with Crippen LogP contribution in [-0.2, 0) is 14.8 Å². The van der Waals surface area contributed by atoms with Crippen LogP contribution >= 0.6 is 15.9 Å².